The van der Waals surface area contributed by atoms with Gasteiger partial charge >= 0.3 is 0 Å². The summed E-state index contributed by atoms with van der Waals surface area (Å²) in [6, 6.07) is 7.89. The fraction of sp³-hybridized carbons (Fsp3) is 0.300. The Balaban J connectivity index is 2.47. The van der Waals surface area contributed by atoms with Gasteiger partial charge in [0.1, 0.15) is 0 Å². The summed E-state index contributed by atoms with van der Waals surface area (Å²) < 4.78 is 0. The van der Waals surface area contributed by atoms with Crippen molar-refractivity contribution in [3.63, 3.8) is 0 Å². The third-order valence-corrected chi connectivity index (χ3v) is 1.88. The lowest BCUT2D eigenvalue weighted by molar-refractivity contribution is 0.972. The quantitative estimate of drug-likeness (QED) is 0.636. The van der Waals surface area contributed by atoms with Gasteiger partial charge in [0.25, 0.3) is 0 Å². The third kappa shape index (κ3) is 3.05. The van der Waals surface area contributed by atoms with E-state index in [4.69, 9.17) is 11.6 Å². The van der Waals surface area contributed by atoms with Crippen LogP contribution in [0.5, 0.6) is 0 Å². The van der Waals surface area contributed by atoms with Crippen molar-refractivity contribution in [2.75, 3.05) is 6.54 Å². The Kier molecular flexibility index (Phi) is 3.81. The number of nitrogens with zero attached hydrogens (tertiary/aromatic N) is 1. The number of rotatable bonds is 3. The van der Waals surface area contributed by atoms with E-state index in [2.05, 4.69) is 4.99 Å². The van der Waals surface area contributed by atoms with Gasteiger partial charge in [0.2, 0.25) is 0 Å². The van der Waals surface area contributed by atoms with E-state index in [-0.39, 0.29) is 0 Å². The highest BCUT2D eigenvalue weighted by atomic mass is 35.5. The molecule has 0 aliphatic carbocycles. The Morgan fingerprint density at radius 2 is 2.00 bits per heavy atom. The Morgan fingerprint density at radius 1 is 1.33 bits per heavy atom. The Hall–Kier alpha value is -0.820. The second kappa shape index (κ2) is 4.94. The molecule has 0 aliphatic heterocycles. The predicted octanol–water partition coefficient (Wildman–Crippen LogP) is 2.97. The van der Waals surface area contributed by atoms with Gasteiger partial charge in [0, 0.05) is 11.6 Å². The molecule has 2 heteroatoms. The minimum atomic E-state index is 0.790. The summed E-state index contributed by atoms with van der Waals surface area (Å²) in [4.78, 5) is 4.13. The van der Waals surface area contributed by atoms with Crippen molar-refractivity contribution >= 4 is 17.8 Å². The van der Waals surface area contributed by atoms with Crippen LogP contribution in [0.3, 0.4) is 0 Å². The van der Waals surface area contributed by atoms with Crippen LogP contribution in [0.4, 0.5) is 0 Å². The van der Waals surface area contributed by atoms with E-state index in [0.717, 1.165) is 18.0 Å². The summed E-state index contributed by atoms with van der Waals surface area (Å²) in [5.41, 5.74) is 1.28. The van der Waals surface area contributed by atoms with Crippen molar-refractivity contribution < 1.29 is 0 Å². The number of aliphatic imine (C=N–C) groups is 1. The topological polar surface area (TPSA) is 12.4 Å². The molecule has 1 rings (SSSR count). The van der Waals surface area contributed by atoms with Crippen LogP contribution in [-0.4, -0.2) is 12.8 Å². The molecule has 0 saturated heterocycles. The standard InChI is InChI=1S/C10H12ClN/c1-2-12-8-7-9-3-5-10(11)6-4-9/h2-6H,7-8H2,1H3. The SMILES string of the molecule is CC=NCCc1ccc(Cl)cc1. The summed E-state index contributed by atoms with van der Waals surface area (Å²) >= 11 is 5.74. The van der Waals surface area contributed by atoms with Crippen molar-refractivity contribution in [1.29, 1.82) is 0 Å². The normalized spacial score (nSPS) is 10.8. The molecule has 0 N–H and O–H groups in total. The molecule has 0 aromatic heterocycles. The number of benzene rings is 1. The van der Waals surface area contributed by atoms with Gasteiger partial charge in [0.15, 0.2) is 0 Å². The zero-order chi connectivity index (χ0) is 8.81. The molecule has 1 nitrogen and oxygen atoms in total. The lowest BCUT2D eigenvalue weighted by Crippen LogP contribution is -1.88. The van der Waals surface area contributed by atoms with Gasteiger partial charge in [-0.15, -0.1) is 0 Å². The van der Waals surface area contributed by atoms with Crippen LogP contribution < -0.4 is 0 Å². The average molecular weight is 182 g/mol. The first-order valence-electron chi connectivity index (χ1n) is 4.02. The first kappa shape index (κ1) is 9.27. The molecule has 0 aliphatic rings. The molecule has 12 heavy (non-hydrogen) atoms. The first-order chi connectivity index (χ1) is 5.83. The molecule has 64 valence electrons. The molecule has 0 unspecified atom stereocenters. The zero-order valence-corrected chi connectivity index (χ0v) is 7.88. The monoisotopic (exact) mass is 181 g/mol. The number of hydrogen-bond donors (Lipinski definition) is 0. The van der Waals surface area contributed by atoms with Gasteiger partial charge in [-0.3, -0.25) is 4.99 Å². The number of halogens is 1. The Morgan fingerprint density at radius 3 is 2.58 bits per heavy atom. The largest absolute Gasteiger partial charge is 0.297 e. The highest BCUT2D eigenvalue weighted by Crippen LogP contribution is 2.09. The van der Waals surface area contributed by atoms with Crippen molar-refractivity contribution in [1.82, 2.24) is 0 Å². The molecule has 0 spiro atoms. The molecule has 0 amide bonds. The van der Waals surface area contributed by atoms with Crippen LogP contribution >= 0.6 is 11.6 Å². The summed E-state index contributed by atoms with van der Waals surface area (Å²) in [6.45, 7) is 2.79. The molecule has 0 fully saturated rings. The second-order valence-corrected chi connectivity index (χ2v) is 2.98. The van der Waals surface area contributed by atoms with Crippen LogP contribution in [0, 0.1) is 0 Å². The predicted molar refractivity (Wildman–Crippen MR) is 54.2 cm³/mol. The molecule has 0 atom stereocenters. The Bertz CT molecular complexity index is 251. The third-order valence-electron chi connectivity index (χ3n) is 1.63. The van der Waals surface area contributed by atoms with Crippen LogP contribution in [0.1, 0.15) is 12.5 Å². The maximum atomic E-state index is 5.74. The molecule has 0 saturated carbocycles. The van der Waals surface area contributed by atoms with E-state index in [9.17, 15) is 0 Å². The molecule has 1 aromatic carbocycles. The lowest BCUT2D eigenvalue weighted by Gasteiger charge is -1.97. The van der Waals surface area contributed by atoms with Crippen LogP contribution in [-0.2, 0) is 6.42 Å². The molecule has 0 bridgehead atoms. The molecular weight excluding hydrogens is 170 g/mol. The van der Waals surface area contributed by atoms with E-state index in [1.165, 1.54) is 5.56 Å². The lowest BCUT2D eigenvalue weighted by atomic mass is 10.1. The Labute approximate surface area is 78.1 Å². The fourth-order valence-corrected chi connectivity index (χ4v) is 1.10. The van der Waals surface area contributed by atoms with Crippen molar-refractivity contribution in [2.45, 2.75) is 13.3 Å². The van der Waals surface area contributed by atoms with Crippen molar-refractivity contribution in [2.24, 2.45) is 4.99 Å². The van der Waals surface area contributed by atoms with Gasteiger partial charge in [0.05, 0.1) is 0 Å². The maximum absolute atomic E-state index is 5.74. The first-order valence-corrected chi connectivity index (χ1v) is 4.39. The highest BCUT2D eigenvalue weighted by molar-refractivity contribution is 6.30. The maximum Gasteiger partial charge on any atom is 0.0425 e. The zero-order valence-electron chi connectivity index (χ0n) is 7.13. The fourth-order valence-electron chi connectivity index (χ4n) is 0.974. The minimum Gasteiger partial charge on any atom is -0.297 e. The smallest absolute Gasteiger partial charge is 0.0425 e. The second-order valence-electron chi connectivity index (χ2n) is 2.54. The van der Waals surface area contributed by atoms with Gasteiger partial charge in [-0.1, -0.05) is 23.7 Å². The van der Waals surface area contributed by atoms with E-state index in [1.807, 2.05) is 37.4 Å². The van der Waals surface area contributed by atoms with Crippen LogP contribution in [0.25, 0.3) is 0 Å². The average Bonchev–Trinajstić information content (AvgIpc) is 2.09. The van der Waals surface area contributed by atoms with Gasteiger partial charge in [-0.05, 0) is 37.3 Å². The minimum absolute atomic E-state index is 0.790. The molecular formula is C10H12ClN. The van der Waals surface area contributed by atoms with Crippen LogP contribution in [0.2, 0.25) is 5.02 Å². The molecule has 1 aromatic rings. The van der Waals surface area contributed by atoms with Gasteiger partial charge < -0.3 is 0 Å². The highest BCUT2D eigenvalue weighted by Gasteiger charge is 1.90. The summed E-state index contributed by atoms with van der Waals surface area (Å²) in [7, 11) is 0. The van der Waals surface area contributed by atoms with Crippen molar-refractivity contribution in [3.8, 4) is 0 Å². The van der Waals surface area contributed by atoms with Gasteiger partial charge in [-0.2, -0.15) is 0 Å². The van der Waals surface area contributed by atoms with E-state index in [1.54, 1.807) is 0 Å². The van der Waals surface area contributed by atoms with Crippen LogP contribution in [0.15, 0.2) is 29.3 Å². The van der Waals surface area contributed by atoms with Crippen molar-refractivity contribution in [3.05, 3.63) is 34.9 Å². The summed E-state index contributed by atoms with van der Waals surface area (Å²) in [6.07, 6.45) is 2.82. The molecule has 0 radical (unpaired) electrons. The van der Waals surface area contributed by atoms with E-state index in [0.29, 0.717) is 0 Å². The van der Waals surface area contributed by atoms with E-state index >= 15 is 0 Å². The summed E-state index contributed by atoms with van der Waals surface area (Å²) in [5, 5.41) is 0.790. The summed E-state index contributed by atoms with van der Waals surface area (Å²) in [5.74, 6) is 0. The number of hydrogen-bond acceptors (Lipinski definition) is 1. The van der Waals surface area contributed by atoms with Gasteiger partial charge in [-0.25, -0.2) is 0 Å². The van der Waals surface area contributed by atoms with E-state index < -0.39 is 0 Å². The molecule has 0 heterocycles.